The molecule has 0 aliphatic carbocycles. The zero-order valence-corrected chi connectivity index (χ0v) is 20.8. The summed E-state index contributed by atoms with van der Waals surface area (Å²) in [5.41, 5.74) is 4.17. The van der Waals surface area contributed by atoms with Crippen molar-refractivity contribution < 1.29 is 23.8 Å². The summed E-state index contributed by atoms with van der Waals surface area (Å²) in [5, 5.41) is 5.92. The minimum Gasteiger partial charge on any atom is -0.494 e. The van der Waals surface area contributed by atoms with Gasteiger partial charge in [0.2, 0.25) is 0 Å². The highest BCUT2D eigenvalue weighted by Gasteiger charge is 2.14. The van der Waals surface area contributed by atoms with E-state index in [4.69, 9.17) is 14.2 Å². The lowest BCUT2D eigenvalue weighted by Gasteiger charge is -2.12. The van der Waals surface area contributed by atoms with Crippen molar-refractivity contribution in [2.45, 2.75) is 20.3 Å². The number of benzene rings is 4. The summed E-state index contributed by atoms with van der Waals surface area (Å²) in [6, 6.07) is 25.1. The zero-order valence-electron chi connectivity index (χ0n) is 20.8. The summed E-state index contributed by atoms with van der Waals surface area (Å²) < 4.78 is 16.8. The van der Waals surface area contributed by atoms with Gasteiger partial charge in [-0.25, -0.2) is 10.2 Å². The molecule has 7 nitrogen and oxygen atoms in total. The van der Waals surface area contributed by atoms with Crippen molar-refractivity contribution >= 4 is 28.9 Å². The summed E-state index contributed by atoms with van der Waals surface area (Å²) >= 11 is 0. The van der Waals surface area contributed by atoms with Crippen LogP contribution in [0, 0.1) is 0 Å². The van der Waals surface area contributed by atoms with Crippen LogP contribution in [0.5, 0.6) is 17.2 Å². The van der Waals surface area contributed by atoms with Crippen LogP contribution in [-0.2, 0) is 0 Å². The molecule has 4 aromatic rings. The molecular weight excluding hydrogens is 468 g/mol. The largest absolute Gasteiger partial charge is 0.494 e. The SMILES string of the molecule is CCCOc1ccc(C(=O)Oc2ccc(C=NNC(=O)c3cccc4ccccc34)cc2OCC)cc1. The van der Waals surface area contributed by atoms with Crippen LogP contribution in [0.25, 0.3) is 10.8 Å². The molecule has 0 bridgehead atoms. The Bertz CT molecular complexity index is 1410. The van der Waals surface area contributed by atoms with Gasteiger partial charge >= 0.3 is 5.97 Å². The Morgan fingerprint density at radius 1 is 0.865 bits per heavy atom. The van der Waals surface area contributed by atoms with Crippen LogP contribution < -0.4 is 19.6 Å². The molecule has 4 aromatic carbocycles. The van der Waals surface area contributed by atoms with Crippen LogP contribution in [0.4, 0.5) is 0 Å². The highest BCUT2D eigenvalue weighted by Crippen LogP contribution is 2.29. The average molecular weight is 497 g/mol. The predicted octanol–water partition coefficient (Wildman–Crippen LogP) is 6.01. The smallest absolute Gasteiger partial charge is 0.343 e. The van der Waals surface area contributed by atoms with E-state index >= 15 is 0 Å². The summed E-state index contributed by atoms with van der Waals surface area (Å²) in [5.74, 6) is 0.560. The van der Waals surface area contributed by atoms with Crippen LogP contribution in [0.2, 0.25) is 0 Å². The molecule has 188 valence electrons. The maximum atomic E-state index is 12.7. The molecule has 0 atom stereocenters. The fourth-order valence-corrected chi connectivity index (χ4v) is 3.67. The van der Waals surface area contributed by atoms with Crippen molar-refractivity contribution in [3.05, 3.63) is 102 Å². The van der Waals surface area contributed by atoms with Crippen molar-refractivity contribution in [1.82, 2.24) is 5.43 Å². The monoisotopic (exact) mass is 496 g/mol. The highest BCUT2D eigenvalue weighted by molar-refractivity contribution is 6.07. The van der Waals surface area contributed by atoms with Crippen molar-refractivity contribution in [3.8, 4) is 17.2 Å². The van der Waals surface area contributed by atoms with Gasteiger partial charge in [-0.3, -0.25) is 4.79 Å². The fourth-order valence-electron chi connectivity index (χ4n) is 3.67. The molecule has 0 radical (unpaired) electrons. The van der Waals surface area contributed by atoms with Gasteiger partial charge in [0, 0.05) is 5.56 Å². The molecule has 0 fully saturated rings. The Hall–Kier alpha value is -4.65. The fraction of sp³-hybridized carbons (Fsp3) is 0.167. The number of carbonyl (C=O) groups is 2. The second-order valence-corrected chi connectivity index (χ2v) is 8.13. The first-order chi connectivity index (χ1) is 18.1. The quantitative estimate of drug-likeness (QED) is 0.126. The number of fused-ring (bicyclic) bond motifs is 1. The normalized spacial score (nSPS) is 10.9. The first kappa shape index (κ1) is 25.4. The number of amides is 1. The highest BCUT2D eigenvalue weighted by atomic mass is 16.6. The number of hydrogen-bond donors (Lipinski definition) is 1. The lowest BCUT2D eigenvalue weighted by molar-refractivity contribution is 0.0728. The predicted molar refractivity (Wildman–Crippen MR) is 144 cm³/mol. The Morgan fingerprint density at radius 2 is 1.65 bits per heavy atom. The van der Waals surface area contributed by atoms with Crippen LogP contribution >= 0.6 is 0 Å². The van der Waals surface area contributed by atoms with E-state index in [1.165, 1.54) is 6.21 Å². The van der Waals surface area contributed by atoms with Crippen LogP contribution in [0.1, 0.15) is 46.5 Å². The van der Waals surface area contributed by atoms with Crippen LogP contribution in [0.3, 0.4) is 0 Å². The van der Waals surface area contributed by atoms with E-state index in [0.717, 1.165) is 17.2 Å². The molecule has 4 rings (SSSR count). The van der Waals surface area contributed by atoms with E-state index in [2.05, 4.69) is 10.5 Å². The molecule has 7 heteroatoms. The Morgan fingerprint density at radius 3 is 2.43 bits per heavy atom. The number of hydrazone groups is 1. The van der Waals surface area contributed by atoms with Crippen molar-refractivity contribution in [2.24, 2.45) is 5.10 Å². The van der Waals surface area contributed by atoms with Crippen LogP contribution in [-0.4, -0.2) is 31.3 Å². The molecular formula is C30H28N2O5. The molecule has 0 saturated heterocycles. The molecule has 0 unspecified atom stereocenters. The molecule has 0 spiro atoms. The molecule has 0 heterocycles. The van der Waals surface area contributed by atoms with Crippen molar-refractivity contribution in [2.75, 3.05) is 13.2 Å². The Kier molecular flexibility index (Phi) is 8.49. The third kappa shape index (κ3) is 6.52. The minimum absolute atomic E-state index is 0.287. The first-order valence-electron chi connectivity index (χ1n) is 12.1. The van der Waals surface area contributed by atoms with E-state index < -0.39 is 5.97 Å². The van der Waals surface area contributed by atoms with E-state index in [1.54, 1.807) is 48.5 Å². The molecule has 0 aliphatic heterocycles. The number of ether oxygens (including phenoxy) is 3. The van der Waals surface area contributed by atoms with Gasteiger partial charge in [0.05, 0.1) is 25.0 Å². The molecule has 1 N–H and O–H groups in total. The molecule has 0 aliphatic rings. The topological polar surface area (TPSA) is 86.2 Å². The van der Waals surface area contributed by atoms with E-state index in [1.807, 2.05) is 50.2 Å². The van der Waals surface area contributed by atoms with Gasteiger partial charge in [0.1, 0.15) is 5.75 Å². The number of rotatable bonds is 10. The van der Waals surface area contributed by atoms with Gasteiger partial charge < -0.3 is 14.2 Å². The number of nitrogens with zero attached hydrogens (tertiary/aromatic N) is 1. The second-order valence-electron chi connectivity index (χ2n) is 8.13. The summed E-state index contributed by atoms with van der Waals surface area (Å²) in [6.07, 6.45) is 2.41. The first-order valence-corrected chi connectivity index (χ1v) is 12.1. The number of nitrogens with one attached hydrogen (secondary N) is 1. The van der Waals surface area contributed by atoms with Gasteiger partial charge in [-0.2, -0.15) is 5.10 Å². The van der Waals surface area contributed by atoms with Gasteiger partial charge in [-0.1, -0.05) is 43.3 Å². The summed E-state index contributed by atoms with van der Waals surface area (Å²) in [6.45, 7) is 4.86. The van der Waals surface area contributed by atoms with Gasteiger partial charge in [0.25, 0.3) is 5.91 Å². The molecule has 0 aromatic heterocycles. The second kappa shape index (κ2) is 12.4. The van der Waals surface area contributed by atoms with Gasteiger partial charge in [0.15, 0.2) is 11.5 Å². The van der Waals surface area contributed by atoms with Crippen LogP contribution in [0.15, 0.2) is 90.0 Å². The average Bonchev–Trinajstić information content (AvgIpc) is 2.93. The van der Waals surface area contributed by atoms with E-state index in [9.17, 15) is 9.59 Å². The van der Waals surface area contributed by atoms with Gasteiger partial charge in [-0.05, 0) is 78.2 Å². The number of hydrogen-bond acceptors (Lipinski definition) is 6. The lowest BCUT2D eigenvalue weighted by atomic mass is 10.0. The number of esters is 1. The molecule has 0 saturated carbocycles. The minimum atomic E-state index is -0.508. The lowest BCUT2D eigenvalue weighted by Crippen LogP contribution is -2.17. The molecule has 37 heavy (non-hydrogen) atoms. The maximum absolute atomic E-state index is 12.7. The molecule has 1 amide bonds. The Balaban J connectivity index is 1.43. The number of carbonyl (C=O) groups excluding carboxylic acids is 2. The maximum Gasteiger partial charge on any atom is 0.343 e. The van der Waals surface area contributed by atoms with Crippen molar-refractivity contribution in [1.29, 1.82) is 0 Å². The van der Waals surface area contributed by atoms with Crippen molar-refractivity contribution in [3.63, 3.8) is 0 Å². The zero-order chi connectivity index (χ0) is 26.0. The summed E-state index contributed by atoms with van der Waals surface area (Å²) in [7, 11) is 0. The summed E-state index contributed by atoms with van der Waals surface area (Å²) in [4.78, 5) is 25.3. The standard InChI is InChI=1S/C30H28N2O5/c1-3-18-36-24-15-13-23(14-16-24)30(34)37-27-17-12-21(19-28(27)35-4-2)20-31-32-29(33)26-11-7-9-22-8-5-6-10-25(22)26/h5-17,19-20H,3-4,18H2,1-2H3,(H,32,33). The van der Waals surface area contributed by atoms with E-state index in [-0.39, 0.29) is 11.7 Å². The third-order valence-corrected chi connectivity index (χ3v) is 5.45. The van der Waals surface area contributed by atoms with Gasteiger partial charge in [-0.15, -0.1) is 0 Å². The third-order valence-electron chi connectivity index (χ3n) is 5.45. The van der Waals surface area contributed by atoms with E-state index in [0.29, 0.717) is 41.4 Å². The Labute approximate surface area is 215 Å².